The Labute approximate surface area is 140 Å². The van der Waals surface area contributed by atoms with E-state index in [0.717, 1.165) is 18.2 Å². The van der Waals surface area contributed by atoms with Crippen LogP contribution < -0.4 is 5.73 Å². The number of alkyl halides is 3. The summed E-state index contributed by atoms with van der Waals surface area (Å²) in [6.45, 7) is 0.981. The first kappa shape index (κ1) is 16.6. The summed E-state index contributed by atoms with van der Waals surface area (Å²) in [5.41, 5.74) is 5.33. The Morgan fingerprint density at radius 3 is 2.62 bits per heavy atom. The number of rotatable bonds is 3. The number of carbonyl (C=O) groups excluding carboxylic acids is 1. The summed E-state index contributed by atoms with van der Waals surface area (Å²) in [4.78, 5) is 13.8. The third-order valence-corrected chi connectivity index (χ3v) is 4.15. The molecule has 24 heavy (non-hydrogen) atoms. The van der Waals surface area contributed by atoms with Gasteiger partial charge in [-0.3, -0.25) is 4.79 Å². The molecule has 2 aromatic rings. The first-order chi connectivity index (χ1) is 11.2. The lowest BCUT2D eigenvalue weighted by Gasteiger charge is -2.39. The van der Waals surface area contributed by atoms with Crippen LogP contribution in [0.3, 0.4) is 0 Å². The molecule has 5 nitrogen and oxygen atoms in total. The van der Waals surface area contributed by atoms with E-state index in [1.165, 1.54) is 0 Å². The van der Waals surface area contributed by atoms with Gasteiger partial charge in [0, 0.05) is 24.7 Å². The lowest BCUT2D eigenvalue weighted by atomic mass is 9.93. The SMILES string of the molecule is Nc1cc(CC2CN(C(=O)c3ccc(C(F)(F)F)c(Cl)c3)C2)no1. The lowest BCUT2D eigenvalue weighted by Crippen LogP contribution is -2.50. The highest BCUT2D eigenvalue weighted by Crippen LogP contribution is 2.35. The summed E-state index contributed by atoms with van der Waals surface area (Å²) in [5.74, 6) is 0.0987. The molecule has 0 atom stereocenters. The summed E-state index contributed by atoms with van der Waals surface area (Å²) >= 11 is 5.64. The third kappa shape index (κ3) is 3.33. The van der Waals surface area contributed by atoms with Crippen LogP contribution in [-0.4, -0.2) is 29.1 Å². The molecular formula is C15H13ClF3N3O2. The van der Waals surface area contributed by atoms with Crippen LogP contribution in [0.15, 0.2) is 28.8 Å². The molecule has 0 bridgehead atoms. The van der Waals surface area contributed by atoms with Crippen LogP contribution >= 0.6 is 11.6 Å². The van der Waals surface area contributed by atoms with Gasteiger partial charge in [0.2, 0.25) is 5.88 Å². The average molecular weight is 360 g/mol. The second-order valence-electron chi connectivity index (χ2n) is 5.69. The molecule has 1 aromatic heterocycles. The van der Waals surface area contributed by atoms with Crippen molar-refractivity contribution in [1.82, 2.24) is 10.1 Å². The van der Waals surface area contributed by atoms with Crippen molar-refractivity contribution in [2.45, 2.75) is 12.6 Å². The number of nitrogen functional groups attached to an aromatic ring is 1. The smallest absolute Gasteiger partial charge is 0.368 e. The Bertz CT molecular complexity index is 770. The number of hydrogen-bond donors (Lipinski definition) is 1. The molecule has 1 aromatic carbocycles. The van der Waals surface area contributed by atoms with Crippen molar-refractivity contribution in [2.24, 2.45) is 5.92 Å². The predicted octanol–water partition coefficient (Wildman–Crippen LogP) is 3.24. The summed E-state index contributed by atoms with van der Waals surface area (Å²) < 4.78 is 42.8. The molecule has 0 spiro atoms. The number of benzene rings is 1. The van der Waals surface area contributed by atoms with E-state index >= 15 is 0 Å². The van der Waals surface area contributed by atoms with Gasteiger partial charge in [-0.1, -0.05) is 16.8 Å². The van der Waals surface area contributed by atoms with Crippen molar-refractivity contribution < 1.29 is 22.5 Å². The van der Waals surface area contributed by atoms with Crippen molar-refractivity contribution in [3.8, 4) is 0 Å². The highest BCUT2D eigenvalue weighted by molar-refractivity contribution is 6.31. The Balaban J connectivity index is 1.61. The van der Waals surface area contributed by atoms with Gasteiger partial charge in [0.15, 0.2) is 0 Å². The minimum atomic E-state index is -4.54. The van der Waals surface area contributed by atoms with Crippen LogP contribution in [0, 0.1) is 5.92 Å². The molecule has 128 valence electrons. The molecule has 1 aliphatic heterocycles. The summed E-state index contributed by atoms with van der Waals surface area (Å²) in [7, 11) is 0. The van der Waals surface area contributed by atoms with E-state index in [4.69, 9.17) is 21.9 Å². The number of nitrogens with two attached hydrogens (primary N) is 1. The van der Waals surface area contributed by atoms with E-state index in [2.05, 4.69) is 5.16 Å². The van der Waals surface area contributed by atoms with Gasteiger partial charge in [-0.15, -0.1) is 0 Å². The third-order valence-electron chi connectivity index (χ3n) is 3.84. The van der Waals surface area contributed by atoms with Crippen molar-refractivity contribution in [3.05, 3.63) is 46.1 Å². The molecule has 1 fully saturated rings. The number of hydrogen-bond acceptors (Lipinski definition) is 4. The highest BCUT2D eigenvalue weighted by atomic mass is 35.5. The largest absolute Gasteiger partial charge is 0.417 e. The molecule has 3 rings (SSSR count). The van der Waals surface area contributed by atoms with Crippen molar-refractivity contribution in [2.75, 3.05) is 18.8 Å². The summed E-state index contributed by atoms with van der Waals surface area (Å²) in [6.07, 6.45) is -3.92. The fourth-order valence-corrected chi connectivity index (χ4v) is 2.93. The highest BCUT2D eigenvalue weighted by Gasteiger charge is 2.35. The Morgan fingerprint density at radius 1 is 1.38 bits per heavy atom. The second-order valence-corrected chi connectivity index (χ2v) is 6.10. The van der Waals surface area contributed by atoms with Crippen molar-refractivity contribution in [1.29, 1.82) is 0 Å². The van der Waals surface area contributed by atoms with Crippen LogP contribution in [0.2, 0.25) is 5.02 Å². The average Bonchev–Trinajstić information content (AvgIpc) is 2.85. The normalized spacial score (nSPS) is 15.4. The van der Waals surface area contributed by atoms with Crippen LogP contribution in [-0.2, 0) is 12.6 Å². The van der Waals surface area contributed by atoms with E-state index < -0.39 is 16.8 Å². The predicted molar refractivity (Wildman–Crippen MR) is 80.5 cm³/mol. The Kier molecular flexibility index (Phi) is 4.16. The number of carbonyl (C=O) groups is 1. The number of aromatic nitrogens is 1. The number of amides is 1. The quantitative estimate of drug-likeness (QED) is 0.913. The number of nitrogens with zero attached hydrogens (tertiary/aromatic N) is 2. The zero-order valence-corrected chi connectivity index (χ0v) is 13.1. The molecule has 0 aliphatic carbocycles. The maximum Gasteiger partial charge on any atom is 0.417 e. The van der Waals surface area contributed by atoms with Gasteiger partial charge in [-0.05, 0) is 30.5 Å². The summed E-state index contributed by atoms with van der Waals surface area (Å²) in [5, 5.41) is 3.30. The fraction of sp³-hybridized carbons (Fsp3) is 0.333. The van der Waals surface area contributed by atoms with Gasteiger partial charge in [-0.2, -0.15) is 13.2 Å². The van der Waals surface area contributed by atoms with Gasteiger partial charge >= 0.3 is 6.18 Å². The number of halogens is 4. The van der Waals surface area contributed by atoms with E-state index in [0.29, 0.717) is 25.2 Å². The van der Waals surface area contributed by atoms with Crippen molar-refractivity contribution >= 4 is 23.4 Å². The monoisotopic (exact) mass is 359 g/mol. The van der Waals surface area contributed by atoms with Crippen LogP contribution in [0.5, 0.6) is 0 Å². The topological polar surface area (TPSA) is 72.4 Å². The zero-order chi connectivity index (χ0) is 17.5. The molecule has 2 N–H and O–H groups in total. The first-order valence-corrected chi connectivity index (χ1v) is 7.49. The van der Waals surface area contributed by atoms with Gasteiger partial charge in [-0.25, -0.2) is 0 Å². The van der Waals surface area contributed by atoms with E-state index in [1.54, 1.807) is 11.0 Å². The maximum atomic E-state index is 12.7. The molecule has 0 radical (unpaired) electrons. The lowest BCUT2D eigenvalue weighted by molar-refractivity contribution is -0.137. The molecular weight excluding hydrogens is 347 g/mol. The van der Waals surface area contributed by atoms with Gasteiger partial charge in [0.05, 0.1) is 16.3 Å². The molecule has 9 heteroatoms. The molecule has 0 unspecified atom stereocenters. The van der Waals surface area contributed by atoms with Crippen LogP contribution in [0.25, 0.3) is 0 Å². The van der Waals surface area contributed by atoms with E-state index in [9.17, 15) is 18.0 Å². The minimum Gasteiger partial charge on any atom is -0.368 e. The standard InChI is InChI=1S/C15H13ClF3N3O2/c16-12-4-9(1-2-11(12)15(17,18)19)14(23)22-6-8(7-22)3-10-5-13(20)24-21-10/h1-2,4-5,8H,3,6-7,20H2. The zero-order valence-electron chi connectivity index (χ0n) is 12.3. The minimum absolute atomic E-state index is 0.136. The second kappa shape index (κ2) is 6.01. The van der Waals surface area contributed by atoms with Gasteiger partial charge < -0.3 is 15.2 Å². The van der Waals surface area contributed by atoms with E-state index in [-0.39, 0.29) is 23.3 Å². The molecule has 1 amide bonds. The van der Waals surface area contributed by atoms with Crippen LogP contribution in [0.1, 0.15) is 21.6 Å². The molecule has 2 heterocycles. The first-order valence-electron chi connectivity index (χ1n) is 7.11. The fourth-order valence-electron chi connectivity index (χ4n) is 2.65. The van der Waals surface area contributed by atoms with Gasteiger partial charge in [0.25, 0.3) is 5.91 Å². The maximum absolute atomic E-state index is 12.7. The summed E-state index contributed by atoms with van der Waals surface area (Å²) in [6, 6.07) is 4.65. The molecule has 1 aliphatic rings. The molecule has 0 saturated carbocycles. The Morgan fingerprint density at radius 2 is 2.08 bits per heavy atom. The Hall–Kier alpha value is -2.22. The number of anilines is 1. The van der Waals surface area contributed by atoms with E-state index in [1.807, 2.05) is 0 Å². The molecule has 1 saturated heterocycles. The van der Waals surface area contributed by atoms with Crippen molar-refractivity contribution in [3.63, 3.8) is 0 Å². The number of likely N-dealkylation sites (tertiary alicyclic amines) is 1. The van der Waals surface area contributed by atoms with Gasteiger partial charge in [0.1, 0.15) is 0 Å². The van der Waals surface area contributed by atoms with Crippen LogP contribution in [0.4, 0.5) is 19.1 Å².